The number of nitrogens with one attached hydrogen (secondary N) is 2. The van der Waals surface area contributed by atoms with Crippen molar-refractivity contribution in [1.82, 2.24) is 10.6 Å². The number of hydrogen-bond acceptors (Lipinski definition) is 3. The molecule has 0 saturated carbocycles. The molecule has 0 fully saturated rings. The van der Waals surface area contributed by atoms with E-state index in [0.717, 1.165) is 5.76 Å². The van der Waals surface area contributed by atoms with Gasteiger partial charge in [-0.05, 0) is 38.1 Å². The predicted octanol–water partition coefficient (Wildman–Crippen LogP) is 2.33. The third-order valence-corrected chi connectivity index (χ3v) is 3.09. The summed E-state index contributed by atoms with van der Waals surface area (Å²) in [6.07, 6.45) is 0. The van der Waals surface area contributed by atoms with E-state index in [0.29, 0.717) is 5.76 Å². The topological polar surface area (TPSA) is 71.3 Å². The summed E-state index contributed by atoms with van der Waals surface area (Å²) in [4.78, 5) is 23.6. The molecule has 6 heteroatoms. The van der Waals surface area contributed by atoms with Crippen LogP contribution in [0.4, 0.5) is 4.39 Å². The van der Waals surface area contributed by atoms with Crippen LogP contribution >= 0.6 is 0 Å². The van der Waals surface area contributed by atoms with Gasteiger partial charge in [0, 0.05) is 0 Å². The van der Waals surface area contributed by atoms with Gasteiger partial charge in [0.25, 0.3) is 5.91 Å². The Labute approximate surface area is 127 Å². The van der Waals surface area contributed by atoms with Crippen LogP contribution in [-0.2, 0) is 4.79 Å². The Hall–Kier alpha value is -2.63. The molecule has 0 saturated heterocycles. The van der Waals surface area contributed by atoms with E-state index in [9.17, 15) is 14.0 Å². The standard InChI is InChI=1S/C16H17FN2O3/c1-10-7-8-14(22-10)11(2)19-15(20)9-18-16(21)12-5-3-4-6-13(12)17/h3-8,11H,9H2,1-2H3,(H,18,21)(H,19,20). The first-order valence-electron chi connectivity index (χ1n) is 6.86. The summed E-state index contributed by atoms with van der Waals surface area (Å²) in [6.45, 7) is 3.35. The fourth-order valence-corrected chi connectivity index (χ4v) is 1.95. The van der Waals surface area contributed by atoms with E-state index < -0.39 is 11.7 Å². The van der Waals surface area contributed by atoms with Crippen LogP contribution in [0.1, 0.15) is 34.8 Å². The minimum absolute atomic E-state index is 0.0926. The Balaban J connectivity index is 1.85. The second-order valence-corrected chi connectivity index (χ2v) is 4.90. The van der Waals surface area contributed by atoms with E-state index in [1.807, 2.05) is 6.92 Å². The van der Waals surface area contributed by atoms with Crippen molar-refractivity contribution < 1.29 is 18.4 Å². The molecule has 1 heterocycles. The lowest BCUT2D eigenvalue weighted by Crippen LogP contribution is -2.38. The highest BCUT2D eigenvalue weighted by atomic mass is 19.1. The molecule has 1 atom stereocenters. The van der Waals surface area contributed by atoms with Crippen molar-refractivity contribution in [3.63, 3.8) is 0 Å². The molecular weight excluding hydrogens is 287 g/mol. The second-order valence-electron chi connectivity index (χ2n) is 4.90. The summed E-state index contributed by atoms with van der Waals surface area (Å²) in [5, 5.41) is 5.07. The lowest BCUT2D eigenvalue weighted by Gasteiger charge is -2.12. The SMILES string of the molecule is Cc1ccc(C(C)NC(=O)CNC(=O)c2ccccc2F)o1. The van der Waals surface area contributed by atoms with Crippen LogP contribution in [0, 0.1) is 12.7 Å². The third-order valence-electron chi connectivity index (χ3n) is 3.09. The second kappa shape index (κ2) is 6.89. The molecule has 0 bridgehead atoms. The fraction of sp³-hybridized carbons (Fsp3) is 0.250. The van der Waals surface area contributed by atoms with Gasteiger partial charge >= 0.3 is 0 Å². The van der Waals surface area contributed by atoms with Gasteiger partial charge in [-0.25, -0.2) is 4.39 Å². The monoisotopic (exact) mass is 304 g/mol. The summed E-state index contributed by atoms with van der Waals surface area (Å²) < 4.78 is 18.8. The van der Waals surface area contributed by atoms with Crippen LogP contribution in [-0.4, -0.2) is 18.4 Å². The maximum atomic E-state index is 13.4. The Morgan fingerprint density at radius 2 is 1.95 bits per heavy atom. The molecule has 2 rings (SSSR count). The van der Waals surface area contributed by atoms with Crippen molar-refractivity contribution in [2.75, 3.05) is 6.54 Å². The van der Waals surface area contributed by atoms with Crippen LogP contribution in [0.2, 0.25) is 0 Å². The highest BCUT2D eigenvalue weighted by molar-refractivity contribution is 5.96. The molecule has 0 aliphatic carbocycles. The number of benzene rings is 1. The molecular formula is C16H17FN2O3. The van der Waals surface area contributed by atoms with E-state index in [4.69, 9.17) is 4.42 Å². The lowest BCUT2D eigenvalue weighted by atomic mass is 10.2. The molecule has 116 valence electrons. The fourth-order valence-electron chi connectivity index (χ4n) is 1.95. The molecule has 0 spiro atoms. The number of amides is 2. The van der Waals surface area contributed by atoms with Crippen molar-refractivity contribution in [2.45, 2.75) is 19.9 Å². The Kier molecular flexibility index (Phi) is 4.93. The van der Waals surface area contributed by atoms with Crippen LogP contribution in [0.15, 0.2) is 40.8 Å². The van der Waals surface area contributed by atoms with Gasteiger partial charge in [0.2, 0.25) is 5.91 Å². The van der Waals surface area contributed by atoms with Crippen molar-refractivity contribution in [1.29, 1.82) is 0 Å². The minimum atomic E-state index is -0.630. The largest absolute Gasteiger partial charge is 0.464 e. The van der Waals surface area contributed by atoms with Crippen molar-refractivity contribution >= 4 is 11.8 Å². The molecule has 22 heavy (non-hydrogen) atoms. The van der Waals surface area contributed by atoms with Gasteiger partial charge in [0.15, 0.2) is 0 Å². The summed E-state index contributed by atoms with van der Waals surface area (Å²) in [7, 11) is 0. The molecule has 0 aliphatic rings. The smallest absolute Gasteiger partial charge is 0.254 e. The molecule has 1 unspecified atom stereocenters. The van der Waals surface area contributed by atoms with Crippen molar-refractivity contribution in [2.24, 2.45) is 0 Å². The average molecular weight is 304 g/mol. The third kappa shape index (κ3) is 3.94. The molecule has 2 N–H and O–H groups in total. The summed E-state index contributed by atoms with van der Waals surface area (Å²) in [6, 6.07) is 8.86. The molecule has 0 aliphatic heterocycles. The number of carbonyl (C=O) groups is 2. The molecule has 1 aromatic carbocycles. The van der Waals surface area contributed by atoms with Gasteiger partial charge < -0.3 is 15.1 Å². The van der Waals surface area contributed by atoms with Gasteiger partial charge in [0.05, 0.1) is 18.2 Å². The highest BCUT2D eigenvalue weighted by Crippen LogP contribution is 2.15. The van der Waals surface area contributed by atoms with Gasteiger partial charge in [-0.2, -0.15) is 0 Å². The van der Waals surface area contributed by atoms with Gasteiger partial charge in [-0.1, -0.05) is 12.1 Å². The molecule has 2 aromatic rings. The minimum Gasteiger partial charge on any atom is -0.464 e. The Morgan fingerprint density at radius 1 is 1.23 bits per heavy atom. The number of carbonyl (C=O) groups excluding carboxylic acids is 2. The Morgan fingerprint density at radius 3 is 2.59 bits per heavy atom. The average Bonchev–Trinajstić information content (AvgIpc) is 2.92. The van der Waals surface area contributed by atoms with Crippen LogP contribution in [0.5, 0.6) is 0 Å². The van der Waals surface area contributed by atoms with E-state index >= 15 is 0 Å². The molecule has 2 amide bonds. The number of aryl methyl sites for hydroxylation is 1. The van der Waals surface area contributed by atoms with E-state index in [2.05, 4.69) is 10.6 Å². The molecule has 5 nitrogen and oxygen atoms in total. The molecule has 0 radical (unpaired) electrons. The van der Waals surface area contributed by atoms with E-state index in [1.54, 1.807) is 25.1 Å². The Bertz CT molecular complexity index is 682. The molecule has 1 aromatic heterocycles. The van der Waals surface area contributed by atoms with Crippen molar-refractivity contribution in [3.05, 3.63) is 59.3 Å². The van der Waals surface area contributed by atoms with Gasteiger partial charge in [-0.15, -0.1) is 0 Å². The quantitative estimate of drug-likeness (QED) is 0.890. The van der Waals surface area contributed by atoms with Gasteiger partial charge in [0.1, 0.15) is 17.3 Å². The first-order chi connectivity index (χ1) is 10.5. The zero-order valence-electron chi connectivity index (χ0n) is 12.4. The first kappa shape index (κ1) is 15.8. The maximum absolute atomic E-state index is 13.4. The highest BCUT2D eigenvalue weighted by Gasteiger charge is 2.15. The zero-order chi connectivity index (χ0) is 16.1. The van der Waals surface area contributed by atoms with Crippen LogP contribution < -0.4 is 10.6 Å². The first-order valence-corrected chi connectivity index (χ1v) is 6.86. The summed E-state index contributed by atoms with van der Waals surface area (Å²) >= 11 is 0. The maximum Gasteiger partial charge on any atom is 0.254 e. The summed E-state index contributed by atoms with van der Waals surface area (Å²) in [5.41, 5.74) is -0.0926. The van der Waals surface area contributed by atoms with Crippen LogP contribution in [0.3, 0.4) is 0 Å². The number of hydrogen-bond donors (Lipinski definition) is 2. The zero-order valence-corrected chi connectivity index (χ0v) is 12.4. The predicted molar refractivity (Wildman–Crippen MR) is 78.7 cm³/mol. The van der Waals surface area contributed by atoms with E-state index in [-0.39, 0.29) is 24.1 Å². The van der Waals surface area contributed by atoms with E-state index in [1.165, 1.54) is 18.2 Å². The number of halogens is 1. The van der Waals surface area contributed by atoms with Crippen LogP contribution in [0.25, 0.3) is 0 Å². The van der Waals surface area contributed by atoms with Crippen molar-refractivity contribution in [3.8, 4) is 0 Å². The normalized spacial score (nSPS) is 11.8. The number of furan rings is 1. The number of rotatable bonds is 5. The lowest BCUT2D eigenvalue weighted by molar-refractivity contribution is -0.120. The van der Waals surface area contributed by atoms with Gasteiger partial charge in [-0.3, -0.25) is 9.59 Å². The summed E-state index contributed by atoms with van der Waals surface area (Å²) in [5.74, 6) is -0.254.